The summed E-state index contributed by atoms with van der Waals surface area (Å²) in [6.07, 6.45) is 0.171. The fourth-order valence-electron chi connectivity index (χ4n) is 2.96. The molecule has 3 aromatic rings. The summed E-state index contributed by atoms with van der Waals surface area (Å²) in [5.41, 5.74) is 4.16. The van der Waals surface area contributed by atoms with Crippen LogP contribution in [0.4, 0.5) is 0 Å². The van der Waals surface area contributed by atoms with E-state index in [1.54, 1.807) is 12.1 Å². The van der Waals surface area contributed by atoms with Crippen molar-refractivity contribution >= 4 is 34.2 Å². The van der Waals surface area contributed by atoms with Crippen molar-refractivity contribution in [2.24, 2.45) is 0 Å². The minimum absolute atomic E-state index is 0.171. The molecule has 0 saturated heterocycles. The van der Waals surface area contributed by atoms with E-state index in [2.05, 4.69) is 10.8 Å². The first-order valence-electron chi connectivity index (χ1n) is 8.95. The Labute approximate surface area is 168 Å². The van der Waals surface area contributed by atoms with E-state index >= 15 is 0 Å². The number of hydroxylamine groups is 1. The molecule has 0 bridgehead atoms. The molecule has 2 amide bonds. The zero-order chi connectivity index (χ0) is 19.9. The van der Waals surface area contributed by atoms with Gasteiger partial charge in [0.2, 0.25) is 11.8 Å². The number of amides is 2. The van der Waals surface area contributed by atoms with Crippen LogP contribution in [0.25, 0.3) is 10.8 Å². The molecule has 28 heavy (non-hydrogen) atoms. The van der Waals surface area contributed by atoms with Gasteiger partial charge >= 0.3 is 0 Å². The van der Waals surface area contributed by atoms with Crippen molar-refractivity contribution in [3.05, 3.63) is 82.9 Å². The average Bonchev–Trinajstić information content (AvgIpc) is 2.68. The highest BCUT2D eigenvalue weighted by Gasteiger charge is 2.11. The Hall–Kier alpha value is -2.89. The summed E-state index contributed by atoms with van der Waals surface area (Å²) in [4.78, 5) is 29.2. The third kappa shape index (κ3) is 5.31. The topological polar surface area (TPSA) is 67.4 Å². The van der Waals surface area contributed by atoms with Gasteiger partial charge in [0, 0.05) is 5.02 Å². The first-order valence-corrected chi connectivity index (χ1v) is 9.33. The number of carbonyl (C=O) groups excluding carboxylic acids is 2. The molecule has 0 radical (unpaired) electrons. The normalized spacial score (nSPS) is 11.8. The van der Waals surface area contributed by atoms with Gasteiger partial charge in [-0.2, -0.15) is 0 Å². The van der Waals surface area contributed by atoms with Crippen molar-refractivity contribution in [1.29, 1.82) is 0 Å². The zero-order valence-corrected chi connectivity index (χ0v) is 16.2. The van der Waals surface area contributed by atoms with Crippen LogP contribution in [-0.4, -0.2) is 18.4 Å². The van der Waals surface area contributed by atoms with E-state index in [-0.39, 0.29) is 30.9 Å². The second-order valence-electron chi connectivity index (χ2n) is 6.47. The molecule has 0 aromatic heterocycles. The molecular weight excluding hydrogens is 376 g/mol. The minimum Gasteiger partial charge on any atom is -0.347 e. The number of rotatable bonds is 7. The van der Waals surface area contributed by atoms with Crippen molar-refractivity contribution in [2.75, 3.05) is 6.61 Å². The molecule has 0 saturated carbocycles. The molecule has 3 aromatic carbocycles. The van der Waals surface area contributed by atoms with E-state index in [1.807, 2.05) is 61.5 Å². The van der Waals surface area contributed by atoms with Crippen LogP contribution in [0.2, 0.25) is 5.02 Å². The number of halogens is 1. The molecule has 2 N–H and O–H groups in total. The quantitative estimate of drug-likeness (QED) is 0.594. The average molecular weight is 397 g/mol. The molecule has 3 rings (SSSR count). The van der Waals surface area contributed by atoms with Crippen LogP contribution < -0.4 is 10.8 Å². The first-order chi connectivity index (χ1) is 13.5. The summed E-state index contributed by atoms with van der Waals surface area (Å²) >= 11 is 5.86. The monoisotopic (exact) mass is 396 g/mol. The van der Waals surface area contributed by atoms with Crippen LogP contribution in [0, 0.1) is 0 Å². The fraction of sp³-hybridized carbons (Fsp3) is 0.182. The lowest BCUT2D eigenvalue weighted by atomic mass is 10.0. The maximum atomic E-state index is 12.1. The molecule has 5 nitrogen and oxygen atoms in total. The van der Waals surface area contributed by atoms with Gasteiger partial charge in [0.25, 0.3) is 0 Å². The summed E-state index contributed by atoms with van der Waals surface area (Å²) in [5.74, 6) is -0.636. The molecule has 0 aliphatic carbocycles. The summed E-state index contributed by atoms with van der Waals surface area (Å²) in [6.45, 7) is 1.60. The predicted octanol–water partition coefficient (Wildman–Crippen LogP) is 3.96. The molecule has 0 fully saturated rings. The Morgan fingerprint density at radius 2 is 1.68 bits per heavy atom. The van der Waals surface area contributed by atoms with Gasteiger partial charge in [0.05, 0.1) is 12.5 Å². The minimum atomic E-state index is -0.326. The Morgan fingerprint density at radius 3 is 2.46 bits per heavy atom. The van der Waals surface area contributed by atoms with Crippen LogP contribution in [-0.2, 0) is 20.8 Å². The van der Waals surface area contributed by atoms with Crippen LogP contribution in [0.5, 0.6) is 0 Å². The van der Waals surface area contributed by atoms with Crippen LogP contribution in [0.15, 0.2) is 66.7 Å². The Kier molecular flexibility index (Phi) is 6.63. The van der Waals surface area contributed by atoms with Gasteiger partial charge in [0.1, 0.15) is 0 Å². The van der Waals surface area contributed by atoms with Gasteiger partial charge < -0.3 is 5.32 Å². The van der Waals surface area contributed by atoms with Crippen LogP contribution in [0.1, 0.15) is 24.1 Å². The highest BCUT2D eigenvalue weighted by Crippen LogP contribution is 2.19. The third-order valence-electron chi connectivity index (χ3n) is 4.37. The van der Waals surface area contributed by atoms with Crippen molar-refractivity contribution < 1.29 is 14.4 Å². The lowest BCUT2D eigenvalue weighted by Gasteiger charge is -2.14. The predicted molar refractivity (Wildman–Crippen MR) is 110 cm³/mol. The fourth-order valence-corrected chi connectivity index (χ4v) is 3.08. The highest BCUT2D eigenvalue weighted by molar-refractivity contribution is 6.30. The van der Waals surface area contributed by atoms with E-state index < -0.39 is 0 Å². The second-order valence-corrected chi connectivity index (χ2v) is 6.91. The lowest BCUT2D eigenvalue weighted by molar-refractivity contribution is -0.138. The van der Waals surface area contributed by atoms with Crippen LogP contribution >= 0.6 is 11.6 Å². The number of fused-ring (bicyclic) bond motifs is 1. The van der Waals surface area contributed by atoms with Gasteiger partial charge in [-0.3, -0.25) is 14.4 Å². The Morgan fingerprint density at radius 1 is 0.964 bits per heavy atom. The molecular formula is C22H21ClN2O3. The van der Waals surface area contributed by atoms with Crippen LogP contribution in [0.3, 0.4) is 0 Å². The largest absolute Gasteiger partial charge is 0.347 e. The number of hydrogen-bond donors (Lipinski definition) is 2. The highest BCUT2D eigenvalue weighted by atomic mass is 35.5. The standard InChI is InChI=1S/C22H21ClN2O3/c1-15(16-9-11-19(23)12-10-16)24-22(27)14-28-25-21(26)13-18-7-4-6-17-5-2-3-8-20(17)18/h2-12,15H,13-14H2,1H3,(H,24,27)(H,25,26). The second kappa shape index (κ2) is 9.35. The summed E-state index contributed by atoms with van der Waals surface area (Å²) < 4.78 is 0. The van der Waals surface area contributed by atoms with Crippen molar-refractivity contribution in [1.82, 2.24) is 10.8 Å². The Balaban J connectivity index is 1.45. The van der Waals surface area contributed by atoms with Gasteiger partial charge in [0.15, 0.2) is 6.61 Å². The Bertz CT molecular complexity index is 968. The number of nitrogens with one attached hydrogen (secondary N) is 2. The first kappa shape index (κ1) is 19.9. The SMILES string of the molecule is CC(NC(=O)CONC(=O)Cc1cccc2ccccc12)c1ccc(Cl)cc1. The van der Waals surface area contributed by atoms with E-state index in [0.29, 0.717) is 5.02 Å². The molecule has 0 aliphatic heterocycles. The molecule has 0 aliphatic rings. The molecule has 1 atom stereocenters. The van der Waals surface area contributed by atoms with E-state index in [4.69, 9.17) is 16.4 Å². The van der Waals surface area contributed by atoms with Crippen molar-refractivity contribution in [3.63, 3.8) is 0 Å². The molecule has 1 unspecified atom stereocenters. The summed E-state index contributed by atoms with van der Waals surface area (Å²) in [7, 11) is 0. The third-order valence-corrected chi connectivity index (χ3v) is 4.62. The lowest BCUT2D eigenvalue weighted by Crippen LogP contribution is -2.34. The van der Waals surface area contributed by atoms with E-state index in [9.17, 15) is 9.59 Å². The summed E-state index contributed by atoms with van der Waals surface area (Å²) in [6, 6.07) is 20.7. The number of hydrogen-bond acceptors (Lipinski definition) is 3. The van der Waals surface area contributed by atoms with Crippen molar-refractivity contribution in [2.45, 2.75) is 19.4 Å². The van der Waals surface area contributed by atoms with E-state index in [1.165, 1.54) is 0 Å². The maximum Gasteiger partial charge on any atom is 0.249 e. The van der Waals surface area contributed by atoms with Gasteiger partial charge in [-0.15, -0.1) is 0 Å². The van der Waals surface area contributed by atoms with E-state index in [0.717, 1.165) is 21.9 Å². The van der Waals surface area contributed by atoms with Gasteiger partial charge in [-0.05, 0) is 41.0 Å². The molecule has 0 spiro atoms. The molecule has 0 heterocycles. The zero-order valence-electron chi connectivity index (χ0n) is 15.4. The number of carbonyl (C=O) groups is 2. The number of benzene rings is 3. The molecule has 6 heteroatoms. The van der Waals surface area contributed by atoms with Gasteiger partial charge in [-0.25, -0.2) is 5.48 Å². The van der Waals surface area contributed by atoms with Crippen molar-refractivity contribution in [3.8, 4) is 0 Å². The van der Waals surface area contributed by atoms with Gasteiger partial charge in [-0.1, -0.05) is 66.2 Å². The smallest absolute Gasteiger partial charge is 0.249 e. The summed E-state index contributed by atoms with van der Waals surface area (Å²) in [5, 5.41) is 5.54. The molecule has 144 valence electrons. The maximum absolute atomic E-state index is 12.1.